The van der Waals surface area contributed by atoms with Crippen molar-refractivity contribution in [1.29, 1.82) is 0 Å². The number of hydrogen-bond acceptors (Lipinski definition) is 5. The SMILES string of the molecule is CCOC(=O)C1Cc2ccc(OC)nc2N1. The Kier molecular flexibility index (Phi) is 2.94. The van der Waals surface area contributed by atoms with Gasteiger partial charge >= 0.3 is 5.97 Å². The predicted molar refractivity (Wildman–Crippen MR) is 58.5 cm³/mol. The van der Waals surface area contributed by atoms with Gasteiger partial charge in [0.25, 0.3) is 0 Å². The largest absolute Gasteiger partial charge is 0.481 e. The van der Waals surface area contributed by atoms with Crippen molar-refractivity contribution in [2.24, 2.45) is 0 Å². The van der Waals surface area contributed by atoms with E-state index in [2.05, 4.69) is 10.3 Å². The summed E-state index contributed by atoms with van der Waals surface area (Å²) in [6.07, 6.45) is 0.616. The van der Waals surface area contributed by atoms with E-state index in [1.165, 1.54) is 0 Å². The van der Waals surface area contributed by atoms with Gasteiger partial charge in [-0.2, -0.15) is 4.98 Å². The van der Waals surface area contributed by atoms with Gasteiger partial charge < -0.3 is 14.8 Å². The molecule has 0 saturated carbocycles. The topological polar surface area (TPSA) is 60.5 Å². The summed E-state index contributed by atoms with van der Waals surface area (Å²) < 4.78 is 9.97. The maximum atomic E-state index is 11.5. The lowest BCUT2D eigenvalue weighted by Gasteiger charge is -2.08. The Balaban J connectivity index is 2.11. The molecule has 0 spiro atoms. The Bertz CT molecular complexity index is 406. The highest BCUT2D eigenvalue weighted by Gasteiger charge is 2.28. The van der Waals surface area contributed by atoms with Crippen molar-refractivity contribution < 1.29 is 14.3 Å². The number of carbonyl (C=O) groups is 1. The minimum atomic E-state index is -0.324. The summed E-state index contributed by atoms with van der Waals surface area (Å²) in [4.78, 5) is 15.7. The first-order valence-electron chi connectivity index (χ1n) is 5.21. The standard InChI is InChI=1S/C11H14N2O3/c1-3-16-11(14)8-6-7-4-5-9(15-2)13-10(7)12-8/h4-5,8H,3,6H2,1-2H3,(H,12,13). The summed E-state index contributed by atoms with van der Waals surface area (Å²) in [6, 6.07) is 3.37. The van der Waals surface area contributed by atoms with Gasteiger partial charge in [0, 0.05) is 12.5 Å². The Morgan fingerprint density at radius 1 is 1.62 bits per heavy atom. The van der Waals surface area contributed by atoms with E-state index in [9.17, 15) is 4.79 Å². The predicted octanol–water partition coefficient (Wildman–Crippen LogP) is 0.990. The molecule has 86 valence electrons. The normalized spacial score (nSPS) is 17.5. The minimum Gasteiger partial charge on any atom is -0.481 e. The molecule has 1 N–H and O–H groups in total. The third-order valence-electron chi connectivity index (χ3n) is 2.47. The van der Waals surface area contributed by atoms with Gasteiger partial charge in [-0.3, -0.25) is 0 Å². The van der Waals surface area contributed by atoms with Gasteiger partial charge in [-0.25, -0.2) is 4.79 Å². The summed E-state index contributed by atoms with van der Waals surface area (Å²) in [5.41, 5.74) is 1.01. The van der Waals surface area contributed by atoms with Gasteiger partial charge in [-0.05, 0) is 18.6 Å². The van der Waals surface area contributed by atoms with E-state index in [0.29, 0.717) is 24.7 Å². The Labute approximate surface area is 93.8 Å². The average molecular weight is 222 g/mol. The van der Waals surface area contributed by atoms with Crippen LogP contribution in [-0.4, -0.2) is 30.7 Å². The molecule has 0 aromatic carbocycles. The Morgan fingerprint density at radius 2 is 2.44 bits per heavy atom. The van der Waals surface area contributed by atoms with Crippen LogP contribution in [0.2, 0.25) is 0 Å². The number of hydrogen-bond donors (Lipinski definition) is 1. The molecule has 2 heterocycles. The number of nitrogens with one attached hydrogen (secondary N) is 1. The van der Waals surface area contributed by atoms with Gasteiger partial charge in [0.05, 0.1) is 13.7 Å². The summed E-state index contributed by atoms with van der Waals surface area (Å²) in [6.45, 7) is 2.19. The summed E-state index contributed by atoms with van der Waals surface area (Å²) in [5.74, 6) is 1.01. The van der Waals surface area contributed by atoms with E-state index in [-0.39, 0.29) is 12.0 Å². The monoisotopic (exact) mass is 222 g/mol. The van der Waals surface area contributed by atoms with Crippen molar-refractivity contribution in [2.75, 3.05) is 19.0 Å². The van der Waals surface area contributed by atoms with Crippen LogP contribution in [0.25, 0.3) is 0 Å². The van der Waals surface area contributed by atoms with Gasteiger partial charge in [0.1, 0.15) is 11.9 Å². The lowest BCUT2D eigenvalue weighted by Crippen LogP contribution is -2.29. The molecule has 0 saturated heterocycles. The molecule has 2 rings (SSSR count). The highest BCUT2D eigenvalue weighted by molar-refractivity contribution is 5.82. The number of rotatable bonds is 3. The zero-order valence-electron chi connectivity index (χ0n) is 9.32. The second-order valence-electron chi connectivity index (χ2n) is 3.51. The van der Waals surface area contributed by atoms with Gasteiger partial charge in [0.15, 0.2) is 0 Å². The van der Waals surface area contributed by atoms with Crippen molar-refractivity contribution in [3.8, 4) is 5.88 Å². The molecule has 16 heavy (non-hydrogen) atoms. The smallest absolute Gasteiger partial charge is 0.328 e. The highest BCUT2D eigenvalue weighted by atomic mass is 16.5. The van der Waals surface area contributed by atoms with E-state index >= 15 is 0 Å². The van der Waals surface area contributed by atoms with Crippen LogP contribution in [0.5, 0.6) is 5.88 Å². The second-order valence-corrected chi connectivity index (χ2v) is 3.51. The number of esters is 1. The number of pyridine rings is 1. The maximum Gasteiger partial charge on any atom is 0.328 e. The lowest BCUT2D eigenvalue weighted by molar-refractivity contribution is -0.143. The molecule has 0 bridgehead atoms. The number of nitrogens with zero attached hydrogens (tertiary/aromatic N) is 1. The van der Waals surface area contributed by atoms with Gasteiger partial charge in [0.2, 0.25) is 5.88 Å². The fourth-order valence-electron chi connectivity index (χ4n) is 1.69. The van der Waals surface area contributed by atoms with Crippen molar-refractivity contribution in [2.45, 2.75) is 19.4 Å². The molecule has 5 heteroatoms. The average Bonchev–Trinajstić information content (AvgIpc) is 2.71. The van der Waals surface area contributed by atoms with Crippen molar-refractivity contribution in [3.63, 3.8) is 0 Å². The number of fused-ring (bicyclic) bond motifs is 1. The first kappa shape index (κ1) is 10.7. The Morgan fingerprint density at radius 3 is 3.12 bits per heavy atom. The highest BCUT2D eigenvalue weighted by Crippen LogP contribution is 2.26. The van der Waals surface area contributed by atoms with Crippen LogP contribution in [0.3, 0.4) is 0 Å². The zero-order chi connectivity index (χ0) is 11.5. The van der Waals surface area contributed by atoms with E-state index in [4.69, 9.17) is 9.47 Å². The van der Waals surface area contributed by atoms with Crippen LogP contribution in [0.1, 0.15) is 12.5 Å². The van der Waals surface area contributed by atoms with E-state index in [1.807, 2.05) is 6.07 Å². The van der Waals surface area contributed by atoms with Crippen molar-refractivity contribution in [1.82, 2.24) is 4.98 Å². The summed E-state index contributed by atoms with van der Waals surface area (Å²) in [7, 11) is 1.56. The van der Waals surface area contributed by atoms with E-state index in [0.717, 1.165) is 5.56 Å². The van der Waals surface area contributed by atoms with Crippen LogP contribution in [0, 0.1) is 0 Å². The molecule has 0 amide bonds. The molecular weight excluding hydrogens is 208 g/mol. The molecule has 5 nitrogen and oxygen atoms in total. The van der Waals surface area contributed by atoms with Gasteiger partial charge in [-0.1, -0.05) is 0 Å². The molecule has 1 aromatic heterocycles. The minimum absolute atomic E-state index is 0.237. The number of methoxy groups -OCH3 is 1. The summed E-state index contributed by atoms with van der Waals surface area (Å²) >= 11 is 0. The fraction of sp³-hybridized carbons (Fsp3) is 0.455. The summed E-state index contributed by atoms with van der Waals surface area (Å²) in [5, 5.41) is 3.03. The molecule has 0 fully saturated rings. The van der Waals surface area contributed by atoms with Crippen LogP contribution in [0.4, 0.5) is 5.82 Å². The number of anilines is 1. The van der Waals surface area contributed by atoms with Crippen LogP contribution < -0.4 is 10.1 Å². The van der Waals surface area contributed by atoms with Crippen LogP contribution >= 0.6 is 0 Å². The molecule has 0 radical (unpaired) electrons. The van der Waals surface area contributed by atoms with Crippen LogP contribution in [-0.2, 0) is 16.0 Å². The maximum absolute atomic E-state index is 11.5. The fourth-order valence-corrected chi connectivity index (χ4v) is 1.69. The molecule has 1 aliphatic rings. The van der Waals surface area contributed by atoms with Gasteiger partial charge in [-0.15, -0.1) is 0 Å². The molecule has 1 aliphatic heterocycles. The lowest BCUT2D eigenvalue weighted by atomic mass is 10.1. The molecular formula is C11H14N2O3. The second kappa shape index (κ2) is 4.38. The van der Waals surface area contributed by atoms with E-state index < -0.39 is 0 Å². The molecule has 1 atom stereocenters. The number of aromatic nitrogens is 1. The van der Waals surface area contributed by atoms with Crippen molar-refractivity contribution in [3.05, 3.63) is 17.7 Å². The molecule has 1 aromatic rings. The van der Waals surface area contributed by atoms with Crippen molar-refractivity contribution >= 4 is 11.8 Å². The van der Waals surface area contributed by atoms with E-state index in [1.54, 1.807) is 20.1 Å². The molecule has 1 unspecified atom stereocenters. The molecule has 0 aliphatic carbocycles. The Hall–Kier alpha value is -1.78. The third-order valence-corrected chi connectivity index (χ3v) is 2.47. The first-order chi connectivity index (χ1) is 7.74. The quantitative estimate of drug-likeness (QED) is 0.773. The number of carbonyl (C=O) groups excluding carboxylic acids is 1. The number of ether oxygens (including phenoxy) is 2. The first-order valence-corrected chi connectivity index (χ1v) is 5.21. The third kappa shape index (κ3) is 1.93. The zero-order valence-corrected chi connectivity index (χ0v) is 9.32. The van der Waals surface area contributed by atoms with Crippen LogP contribution in [0.15, 0.2) is 12.1 Å².